The molecular weight excluding hydrogens is 162 g/mol. The lowest BCUT2D eigenvalue weighted by Crippen LogP contribution is -2.27. The predicted octanol–water partition coefficient (Wildman–Crippen LogP) is 0.0480. The van der Waals surface area contributed by atoms with Crippen LogP contribution in [-0.2, 0) is 14.3 Å². The number of carbonyl (C=O) groups excluding carboxylic acids is 2. The van der Waals surface area contributed by atoms with Crippen LogP contribution in [0, 0.1) is 0 Å². The van der Waals surface area contributed by atoms with Crippen molar-refractivity contribution >= 4 is 12.1 Å². The summed E-state index contributed by atoms with van der Waals surface area (Å²) in [4.78, 5) is 21.6. The molecule has 5 nitrogen and oxygen atoms in total. The van der Waals surface area contributed by atoms with Crippen LogP contribution in [-0.4, -0.2) is 31.3 Å². The molecule has 1 saturated heterocycles. The van der Waals surface area contributed by atoms with E-state index in [2.05, 4.69) is 10.1 Å². The van der Waals surface area contributed by atoms with E-state index in [1.165, 1.54) is 0 Å². The molecule has 1 N–H and O–H groups in total. The monoisotopic (exact) mass is 173 g/mol. The van der Waals surface area contributed by atoms with E-state index < -0.39 is 12.3 Å². The molecule has 1 heterocycles. The molecule has 1 aliphatic heterocycles. The number of carbonyl (C=O) groups is 2. The Morgan fingerprint density at radius 3 is 3.00 bits per heavy atom. The van der Waals surface area contributed by atoms with Crippen molar-refractivity contribution in [1.29, 1.82) is 0 Å². The molecule has 0 bridgehead atoms. The minimum atomic E-state index is -0.778. The first-order chi connectivity index (χ1) is 5.74. The van der Waals surface area contributed by atoms with E-state index in [1.54, 1.807) is 6.92 Å². The quantitative estimate of drug-likeness (QED) is 0.599. The van der Waals surface area contributed by atoms with Crippen LogP contribution in [0.1, 0.15) is 13.3 Å². The molecule has 1 amide bonds. The minimum absolute atomic E-state index is 0.247. The number of ether oxygens (including phenoxy) is 2. The summed E-state index contributed by atoms with van der Waals surface area (Å²) in [6, 6.07) is 0. The fourth-order valence-electron chi connectivity index (χ4n) is 0.952. The molecule has 1 rings (SSSR count). The average Bonchev–Trinajstić information content (AvgIpc) is 2.37. The highest BCUT2D eigenvalue weighted by atomic mass is 16.7. The van der Waals surface area contributed by atoms with Gasteiger partial charge in [-0.15, -0.1) is 0 Å². The Hall–Kier alpha value is -1.26. The summed E-state index contributed by atoms with van der Waals surface area (Å²) in [7, 11) is 0. The topological polar surface area (TPSA) is 64.6 Å². The first-order valence-electron chi connectivity index (χ1n) is 3.85. The second-order valence-corrected chi connectivity index (χ2v) is 2.37. The summed E-state index contributed by atoms with van der Waals surface area (Å²) in [5.41, 5.74) is 0. The van der Waals surface area contributed by atoms with Gasteiger partial charge in [-0.2, -0.15) is 0 Å². The lowest BCUT2D eigenvalue weighted by molar-refractivity contribution is -0.127. The van der Waals surface area contributed by atoms with Crippen molar-refractivity contribution in [1.82, 2.24) is 5.32 Å². The second-order valence-electron chi connectivity index (χ2n) is 2.37. The summed E-state index contributed by atoms with van der Waals surface area (Å²) in [5, 5.41) is 2.55. The first-order valence-corrected chi connectivity index (χ1v) is 3.85. The van der Waals surface area contributed by atoms with Crippen molar-refractivity contribution in [2.75, 3.05) is 13.2 Å². The third kappa shape index (κ3) is 2.11. The minimum Gasteiger partial charge on any atom is -0.435 e. The zero-order valence-electron chi connectivity index (χ0n) is 6.83. The van der Waals surface area contributed by atoms with Gasteiger partial charge < -0.3 is 14.8 Å². The van der Waals surface area contributed by atoms with Crippen LogP contribution >= 0.6 is 0 Å². The highest BCUT2D eigenvalue weighted by Gasteiger charge is 2.28. The van der Waals surface area contributed by atoms with Crippen molar-refractivity contribution < 1.29 is 19.1 Å². The normalized spacial score (nSPS) is 21.8. The van der Waals surface area contributed by atoms with E-state index in [0.717, 1.165) is 0 Å². The van der Waals surface area contributed by atoms with Crippen LogP contribution in [0.3, 0.4) is 0 Å². The van der Waals surface area contributed by atoms with Gasteiger partial charge >= 0.3 is 6.16 Å². The molecule has 0 aromatic carbocycles. The number of hydrogen-bond donors (Lipinski definition) is 1. The lowest BCUT2D eigenvalue weighted by Gasteiger charge is -2.07. The van der Waals surface area contributed by atoms with Crippen LogP contribution in [0.15, 0.2) is 0 Å². The molecule has 0 radical (unpaired) electrons. The van der Waals surface area contributed by atoms with Crippen molar-refractivity contribution in [3.05, 3.63) is 0 Å². The molecule has 1 aliphatic rings. The Kier molecular flexibility index (Phi) is 2.90. The van der Waals surface area contributed by atoms with Gasteiger partial charge in [0.05, 0.1) is 6.61 Å². The third-order valence-corrected chi connectivity index (χ3v) is 1.50. The lowest BCUT2D eigenvalue weighted by atomic mass is 10.3. The summed E-state index contributed by atoms with van der Waals surface area (Å²) in [5.74, 6) is -0.247. The van der Waals surface area contributed by atoms with Gasteiger partial charge in [0.25, 0.3) is 5.91 Å². The van der Waals surface area contributed by atoms with E-state index in [4.69, 9.17) is 4.74 Å². The van der Waals surface area contributed by atoms with E-state index >= 15 is 0 Å². The van der Waals surface area contributed by atoms with Gasteiger partial charge in [0.1, 0.15) is 0 Å². The summed E-state index contributed by atoms with van der Waals surface area (Å²) in [6.07, 6.45) is -0.916. The maximum Gasteiger partial charge on any atom is 0.509 e. The Bertz CT molecular complexity index is 192. The second kappa shape index (κ2) is 3.94. The molecule has 0 aromatic rings. The molecule has 12 heavy (non-hydrogen) atoms. The smallest absolute Gasteiger partial charge is 0.435 e. The summed E-state index contributed by atoms with van der Waals surface area (Å²) in [6.45, 7) is 2.49. The summed E-state index contributed by atoms with van der Waals surface area (Å²) >= 11 is 0. The highest BCUT2D eigenvalue weighted by Crippen LogP contribution is 2.05. The highest BCUT2D eigenvalue weighted by molar-refractivity contribution is 5.84. The standard InChI is InChI=1S/C7H11NO4/c1-2-11-7(10)12-5-3-4-8-6(5)9/h5H,2-4H2,1H3,(H,8,9)/t5-/m0/s1. The van der Waals surface area contributed by atoms with E-state index in [-0.39, 0.29) is 12.5 Å². The van der Waals surface area contributed by atoms with Crippen molar-refractivity contribution in [3.8, 4) is 0 Å². The van der Waals surface area contributed by atoms with E-state index in [9.17, 15) is 9.59 Å². The van der Waals surface area contributed by atoms with Crippen LogP contribution in [0.4, 0.5) is 4.79 Å². The fourth-order valence-corrected chi connectivity index (χ4v) is 0.952. The van der Waals surface area contributed by atoms with Crippen LogP contribution < -0.4 is 5.32 Å². The van der Waals surface area contributed by atoms with Crippen LogP contribution in [0.25, 0.3) is 0 Å². The SMILES string of the molecule is CCOC(=O)O[C@H]1CCNC1=O. The molecular formula is C7H11NO4. The number of hydrogen-bond acceptors (Lipinski definition) is 4. The van der Waals surface area contributed by atoms with Crippen molar-refractivity contribution in [2.24, 2.45) is 0 Å². The first kappa shape index (κ1) is 8.83. The van der Waals surface area contributed by atoms with Gasteiger partial charge in [-0.3, -0.25) is 4.79 Å². The molecule has 68 valence electrons. The van der Waals surface area contributed by atoms with Crippen molar-refractivity contribution in [2.45, 2.75) is 19.4 Å². The Labute approximate surface area is 70.0 Å². The average molecular weight is 173 g/mol. The van der Waals surface area contributed by atoms with Crippen molar-refractivity contribution in [3.63, 3.8) is 0 Å². The zero-order valence-corrected chi connectivity index (χ0v) is 6.83. The number of rotatable bonds is 2. The molecule has 0 spiro atoms. The zero-order chi connectivity index (χ0) is 8.97. The molecule has 0 aromatic heterocycles. The molecule has 5 heteroatoms. The third-order valence-electron chi connectivity index (χ3n) is 1.50. The van der Waals surface area contributed by atoms with Gasteiger partial charge in [-0.25, -0.2) is 4.79 Å². The number of nitrogens with one attached hydrogen (secondary N) is 1. The molecule has 0 saturated carbocycles. The Morgan fingerprint density at radius 1 is 1.75 bits per heavy atom. The van der Waals surface area contributed by atoms with Crippen LogP contribution in [0.5, 0.6) is 0 Å². The van der Waals surface area contributed by atoms with E-state index in [1.807, 2.05) is 0 Å². The van der Waals surface area contributed by atoms with Gasteiger partial charge in [0, 0.05) is 13.0 Å². The van der Waals surface area contributed by atoms with Gasteiger partial charge in [-0.05, 0) is 6.92 Å². The fraction of sp³-hybridized carbons (Fsp3) is 0.714. The largest absolute Gasteiger partial charge is 0.509 e. The Morgan fingerprint density at radius 2 is 2.50 bits per heavy atom. The van der Waals surface area contributed by atoms with Gasteiger partial charge in [0.2, 0.25) is 0 Å². The molecule has 0 unspecified atom stereocenters. The van der Waals surface area contributed by atoms with Gasteiger partial charge in [0.15, 0.2) is 6.10 Å². The number of amides is 1. The summed E-state index contributed by atoms with van der Waals surface area (Å²) < 4.78 is 9.20. The Balaban J connectivity index is 2.30. The molecule has 1 atom stereocenters. The molecule has 1 fully saturated rings. The van der Waals surface area contributed by atoms with Gasteiger partial charge in [-0.1, -0.05) is 0 Å². The molecule has 0 aliphatic carbocycles. The van der Waals surface area contributed by atoms with Crippen LogP contribution in [0.2, 0.25) is 0 Å². The maximum absolute atomic E-state index is 10.9. The van der Waals surface area contributed by atoms with E-state index in [0.29, 0.717) is 13.0 Å². The maximum atomic E-state index is 10.9. The predicted molar refractivity (Wildman–Crippen MR) is 39.5 cm³/mol.